The number of amides is 2. The highest BCUT2D eigenvalue weighted by Gasteiger charge is 2.26. The number of imide groups is 1. The minimum Gasteiger partial charge on any atom is -0.447 e. The van der Waals surface area contributed by atoms with E-state index >= 15 is 0 Å². The third-order valence-corrected chi connectivity index (χ3v) is 2.68. The molecule has 5 nitrogen and oxygen atoms in total. The van der Waals surface area contributed by atoms with Crippen LogP contribution >= 0.6 is 0 Å². The van der Waals surface area contributed by atoms with Crippen LogP contribution in [0, 0.1) is 0 Å². The second-order valence-corrected chi connectivity index (χ2v) is 3.88. The number of aryl methyl sites for hydroxylation is 1. The van der Waals surface area contributed by atoms with Crippen LogP contribution in [0.2, 0.25) is 0 Å². The number of hydrogen-bond donors (Lipinski definition) is 0. The van der Waals surface area contributed by atoms with E-state index in [0.29, 0.717) is 12.2 Å². The SMILES string of the molecule is CCc1ccc(/C=C/C(=O)N2CCOC2=O)nc1. The van der Waals surface area contributed by atoms with E-state index in [0.717, 1.165) is 16.9 Å². The van der Waals surface area contributed by atoms with Crippen molar-refractivity contribution in [3.05, 3.63) is 35.7 Å². The van der Waals surface area contributed by atoms with Gasteiger partial charge >= 0.3 is 6.09 Å². The molecule has 1 fully saturated rings. The summed E-state index contributed by atoms with van der Waals surface area (Å²) in [4.78, 5) is 28.1. The molecule has 2 heterocycles. The predicted octanol–water partition coefficient (Wildman–Crippen LogP) is 1.64. The maximum absolute atomic E-state index is 11.7. The molecule has 1 aliphatic heterocycles. The van der Waals surface area contributed by atoms with Crippen LogP contribution in [0.5, 0.6) is 0 Å². The van der Waals surface area contributed by atoms with Gasteiger partial charge < -0.3 is 4.74 Å². The second kappa shape index (κ2) is 5.44. The lowest BCUT2D eigenvalue weighted by Gasteiger charge is -2.06. The number of carbonyl (C=O) groups is 2. The molecule has 0 unspecified atom stereocenters. The molecule has 0 atom stereocenters. The van der Waals surface area contributed by atoms with Gasteiger partial charge in [0.05, 0.1) is 12.2 Å². The van der Waals surface area contributed by atoms with Crippen molar-refractivity contribution in [2.75, 3.05) is 13.2 Å². The quantitative estimate of drug-likeness (QED) is 0.761. The number of nitrogens with zero attached hydrogens (tertiary/aromatic N) is 2. The van der Waals surface area contributed by atoms with Crippen molar-refractivity contribution in [1.82, 2.24) is 9.88 Å². The summed E-state index contributed by atoms with van der Waals surface area (Å²) in [5.74, 6) is -0.376. The number of cyclic esters (lactones) is 1. The first-order chi connectivity index (χ1) is 8.70. The molecule has 0 bridgehead atoms. The zero-order valence-electron chi connectivity index (χ0n) is 10.1. The Labute approximate surface area is 105 Å². The zero-order chi connectivity index (χ0) is 13.0. The highest BCUT2D eigenvalue weighted by molar-refractivity contribution is 6.01. The average molecular weight is 246 g/mol. The Balaban J connectivity index is 2.01. The fourth-order valence-corrected chi connectivity index (χ4v) is 1.58. The Kier molecular flexibility index (Phi) is 3.72. The van der Waals surface area contributed by atoms with Gasteiger partial charge in [-0.15, -0.1) is 0 Å². The van der Waals surface area contributed by atoms with Crippen LogP contribution in [0.3, 0.4) is 0 Å². The van der Waals surface area contributed by atoms with Crippen molar-refractivity contribution in [1.29, 1.82) is 0 Å². The van der Waals surface area contributed by atoms with E-state index in [1.807, 2.05) is 12.1 Å². The highest BCUT2D eigenvalue weighted by atomic mass is 16.6. The molecule has 0 aromatic carbocycles. The molecule has 1 saturated heterocycles. The summed E-state index contributed by atoms with van der Waals surface area (Å²) in [7, 11) is 0. The van der Waals surface area contributed by atoms with Gasteiger partial charge in [0.25, 0.3) is 5.91 Å². The van der Waals surface area contributed by atoms with Gasteiger partial charge in [-0.2, -0.15) is 0 Å². The van der Waals surface area contributed by atoms with Gasteiger partial charge in [0.1, 0.15) is 6.61 Å². The van der Waals surface area contributed by atoms with Crippen molar-refractivity contribution in [2.45, 2.75) is 13.3 Å². The van der Waals surface area contributed by atoms with E-state index in [1.165, 1.54) is 6.08 Å². The van der Waals surface area contributed by atoms with Gasteiger partial charge in [0.2, 0.25) is 0 Å². The fourth-order valence-electron chi connectivity index (χ4n) is 1.58. The Bertz CT molecular complexity index is 480. The van der Waals surface area contributed by atoms with E-state index in [9.17, 15) is 9.59 Å². The van der Waals surface area contributed by atoms with Crippen molar-refractivity contribution in [2.24, 2.45) is 0 Å². The summed E-state index contributed by atoms with van der Waals surface area (Å²) in [6.07, 6.45) is 5.04. The molecule has 0 radical (unpaired) electrons. The highest BCUT2D eigenvalue weighted by Crippen LogP contribution is 2.06. The molecule has 0 spiro atoms. The van der Waals surface area contributed by atoms with Crippen molar-refractivity contribution in [3.63, 3.8) is 0 Å². The average Bonchev–Trinajstić information content (AvgIpc) is 2.83. The van der Waals surface area contributed by atoms with E-state index in [2.05, 4.69) is 16.6 Å². The lowest BCUT2D eigenvalue weighted by molar-refractivity contribution is -0.122. The Morgan fingerprint density at radius 2 is 2.39 bits per heavy atom. The molecular weight excluding hydrogens is 232 g/mol. The predicted molar refractivity (Wildman–Crippen MR) is 65.7 cm³/mol. The van der Waals surface area contributed by atoms with Gasteiger partial charge in [0, 0.05) is 12.3 Å². The van der Waals surface area contributed by atoms with E-state index in [-0.39, 0.29) is 12.5 Å². The Morgan fingerprint density at radius 3 is 2.94 bits per heavy atom. The van der Waals surface area contributed by atoms with Gasteiger partial charge in [-0.25, -0.2) is 9.69 Å². The molecule has 2 amide bonds. The number of carbonyl (C=O) groups excluding carboxylic acids is 2. The number of ether oxygens (including phenoxy) is 1. The lowest BCUT2D eigenvalue weighted by atomic mass is 10.2. The fraction of sp³-hybridized carbons (Fsp3) is 0.308. The first-order valence-electron chi connectivity index (χ1n) is 5.82. The standard InChI is InChI=1S/C13H14N2O3/c1-2-10-3-4-11(14-9-10)5-6-12(16)15-7-8-18-13(15)17/h3-6,9H,2,7-8H2,1H3/b6-5+. The van der Waals surface area contributed by atoms with Crippen molar-refractivity contribution in [3.8, 4) is 0 Å². The molecule has 1 aromatic rings. The summed E-state index contributed by atoms with van der Waals surface area (Å²) in [6.45, 7) is 2.63. The van der Waals surface area contributed by atoms with Gasteiger partial charge in [0.15, 0.2) is 0 Å². The molecule has 0 aliphatic carbocycles. The summed E-state index contributed by atoms with van der Waals surface area (Å²) in [5.41, 5.74) is 1.83. The summed E-state index contributed by atoms with van der Waals surface area (Å²) < 4.78 is 4.69. The molecule has 18 heavy (non-hydrogen) atoms. The molecule has 0 saturated carbocycles. The van der Waals surface area contributed by atoms with E-state index < -0.39 is 6.09 Å². The topological polar surface area (TPSA) is 59.5 Å². The molecular formula is C13H14N2O3. The number of pyridine rings is 1. The molecule has 1 aliphatic rings. The van der Waals surface area contributed by atoms with E-state index in [4.69, 9.17) is 0 Å². The van der Waals surface area contributed by atoms with Crippen LogP contribution in [0.25, 0.3) is 6.08 Å². The molecule has 2 rings (SSSR count). The minimum absolute atomic E-state index is 0.266. The monoisotopic (exact) mass is 246 g/mol. The van der Waals surface area contributed by atoms with Crippen molar-refractivity contribution >= 4 is 18.1 Å². The first kappa shape index (κ1) is 12.3. The second-order valence-electron chi connectivity index (χ2n) is 3.88. The Morgan fingerprint density at radius 1 is 1.56 bits per heavy atom. The van der Waals surface area contributed by atoms with Crippen LogP contribution in [0.15, 0.2) is 24.4 Å². The molecule has 94 valence electrons. The van der Waals surface area contributed by atoms with Gasteiger partial charge in [-0.05, 0) is 24.1 Å². The van der Waals surface area contributed by atoms with Gasteiger partial charge in [-0.1, -0.05) is 13.0 Å². The smallest absolute Gasteiger partial charge is 0.416 e. The number of hydrogen-bond acceptors (Lipinski definition) is 4. The maximum atomic E-state index is 11.7. The maximum Gasteiger partial charge on any atom is 0.416 e. The minimum atomic E-state index is -0.584. The van der Waals surface area contributed by atoms with Crippen LogP contribution in [0.4, 0.5) is 4.79 Å². The van der Waals surface area contributed by atoms with Crippen LogP contribution in [-0.2, 0) is 16.0 Å². The molecule has 0 N–H and O–H groups in total. The third kappa shape index (κ3) is 2.74. The molecule has 5 heteroatoms. The summed E-state index contributed by atoms with van der Waals surface area (Å²) in [6, 6.07) is 3.80. The summed E-state index contributed by atoms with van der Waals surface area (Å²) in [5, 5.41) is 0. The van der Waals surface area contributed by atoms with Crippen LogP contribution in [-0.4, -0.2) is 35.0 Å². The van der Waals surface area contributed by atoms with Crippen molar-refractivity contribution < 1.29 is 14.3 Å². The number of rotatable bonds is 3. The number of aromatic nitrogens is 1. The lowest BCUT2D eigenvalue weighted by Crippen LogP contribution is -2.29. The van der Waals surface area contributed by atoms with E-state index in [1.54, 1.807) is 12.3 Å². The Hall–Kier alpha value is -2.17. The van der Waals surface area contributed by atoms with Gasteiger partial charge in [-0.3, -0.25) is 9.78 Å². The largest absolute Gasteiger partial charge is 0.447 e. The first-order valence-corrected chi connectivity index (χ1v) is 5.82. The molecule has 1 aromatic heterocycles. The zero-order valence-corrected chi connectivity index (χ0v) is 10.1. The normalized spacial score (nSPS) is 15.2. The van der Waals surface area contributed by atoms with Crippen LogP contribution < -0.4 is 0 Å². The summed E-state index contributed by atoms with van der Waals surface area (Å²) >= 11 is 0. The van der Waals surface area contributed by atoms with Crippen LogP contribution in [0.1, 0.15) is 18.2 Å². The third-order valence-electron chi connectivity index (χ3n) is 2.68.